The predicted molar refractivity (Wildman–Crippen MR) is 134 cm³/mol. The van der Waals surface area contributed by atoms with Gasteiger partial charge in [-0.3, -0.25) is 4.90 Å². The number of hydrogen-bond acceptors (Lipinski definition) is 7. The van der Waals surface area contributed by atoms with Gasteiger partial charge in [0.15, 0.2) is 5.82 Å². The summed E-state index contributed by atoms with van der Waals surface area (Å²) in [6.45, 7) is 7.63. The number of fused-ring (bicyclic) bond motifs is 1. The fraction of sp³-hybridized carbons (Fsp3) is 0.440. The van der Waals surface area contributed by atoms with Gasteiger partial charge in [-0.15, -0.1) is 0 Å². The monoisotopic (exact) mass is 508 g/mol. The number of hydrogen-bond donors (Lipinski definition) is 0. The molecule has 3 fully saturated rings. The van der Waals surface area contributed by atoms with Gasteiger partial charge in [0.1, 0.15) is 5.69 Å². The maximum atomic E-state index is 14.1. The van der Waals surface area contributed by atoms with E-state index in [2.05, 4.69) is 43.0 Å². The van der Waals surface area contributed by atoms with E-state index in [1.165, 1.54) is 6.20 Å². The Balaban J connectivity index is 1.17. The number of ether oxygens (including phenoxy) is 1. The summed E-state index contributed by atoms with van der Waals surface area (Å²) < 4.78 is 23.0. The van der Waals surface area contributed by atoms with Crippen molar-refractivity contribution in [2.45, 2.75) is 31.2 Å². The molecule has 0 radical (unpaired) electrons. The highest BCUT2D eigenvalue weighted by Crippen LogP contribution is 2.40. The third-order valence-electron chi connectivity index (χ3n) is 7.59. The van der Waals surface area contributed by atoms with E-state index in [9.17, 15) is 4.39 Å². The number of halogens is 2. The lowest BCUT2D eigenvalue weighted by molar-refractivity contribution is -0.131. The highest BCUT2D eigenvalue weighted by atomic mass is 35.5. The molecule has 0 N–H and O–H groups in total. The molecule has 0 spiro atoms. The van der Waals surface area contributed by atoms with E-state index in [4.69, 9.17) is 16.3 Å². The highest BCUT2D eigenvalue weighted by molar-refractivity contribution is 6.34. The van der Waals surface area contributed by atoms with Gasteiger partial charge in [0.05, 0.1) is 65.5 Å². The summed E-state index contributed by atoms with van der Waals surface area (Å²) in [5.74, 6) is 0.187. The van der Waals surface area contributed by atoms with Crippen LogP contribution in [0.2, 0.25) is 5.02 Å². The lowest BCUT2D eigenvalue weighted by Gasteiger charge is -2.50. The molecule has 1 aliphatic carbocycles. The minimum atomic E-state index is -0.355. The Morgan fingerprint density at radius 1 is 1.06 bits per heavy atom. The van der Waals surface area contributed by atoms with Crippen LogP contribution in [0, 0.1) is 5.82 Å². The van der Waals surface area contributed by atoms with Crippen LogP contribution < -0.4 is 4.90 Å². The molecule has 0 bridgehead atoms. The van der Waals surface area contributed by atoms with Crippen molar-refractivity contribution in [1.29, 1.82) is 0 Å². The van der Waals surface area contributed by atoms with Gasteiger partial charge >= 0.3 is 0 Å². The summed E-state index contributed by atoms with van der Waals surface area (Å²) in [6, 6.07) is 4.07. The van der Waals surface area contributed by atoms with Gasteiger partial charge in [0.25, 0.3) is 5.95 Å². The zero-order valence-electron chi connectivity index (χ0n) is 19.9. The quantitative estimate of drug-likeness (QED) is 0.408. The predicted octanol–water partition coefficient (Wildman–Crippen LogP) is 3.58. The number of aromatic nitrogens is 6. The van der Waals surface area contributed by atoms with E-state index in [1.807, 2.05) is 16.9 Å². The zero-order valence-corrected chi connectivity index (χ0v) is 20.7. The van der Waals surface area contributed by atoms with Gasteiger partial charge in [-0.05, 0) is 31.9 Å². The Kier molecular flexibility index (Phi) is 5.06. The topological polar surface area (TPSA) is 77.1 Å². The molecule has 3 aliphatic rings. The molecule has 186 valence electrons. The van der Waals surface area contributed by atoms with Crippen LogP contribution in [-0.2, 0) is 4.74 Å². The number of benzene rings is 1. The average molecular weight is 509 g/mol. The van der Waals surface area contributed by atoms with Crippen molar-refractivity contribution in [1.82, 2.24) is 34.4 Å². The molecule has 0 atom stereocenters. The van der Waals surface area contributed by atoms with E-state index in [1.54, 1.807) is 17.1 Å². The van der Waals surface area contributed by atoms with E-state index in [0.29, 0.717) is 11.6 Å². The van der Waals surface area contributed by atoms with Crippen LogP contribution in [0.4, 0.5) is 10.1 Å². The van der Waals surface area contributed by atoms with Crippen LogP contribution in [0.15, 0.2) is 36.9 Å². The van der Waals surface area contributed by atoms with Crippen LogP contribution in [0.5, 0.6) is 0 Å². The molecule has 1 saturated carbocycles. The van der Waals surface area contributed by atoms with Crippen LogP contribution in [0.25, 0.3) is 22.5 Å². The van der Waals surface area contributed by atoms with E-state index in [-0.39, 0.29) is 17.3 Å². The molecule has 7 rings (SSSR count). The number of anilines is 1. The molecule has 1 aromatic carbocycles. The standard InChI is InChI=1S/C25H26ClFN8O/c1-25(14-36-15-25)33-6-4-32(5-7-33)22-9-21-17(8-19(22)26)10-30-35(21)18-11-29-34(13-18)24-28-12-20(27)23(31-24)16-2-3-16/h8-13,16H,2-7,14-15H2,1H3. The van der Waals surface area contributed by atoms with Gasteiger partial charge in [0.2, 0.25) is 0 Å². The van der Waals surface area contributed by atoms with Gasteiger partial charge in [0, 0.05) is 37.5 Å². The molecule has 2 saturated heterocycles. The first kappa shape index (κ1) is 22.1. The number of rotatable bonds is 5. The molecule has 4 aromatic rings. The SMILES string of the molecule is CC1(N2CCN(c3cc4c(cnn4-c4cnn(-c5ncc(F)c(C6CC6)n5)c4)cc3Cl)CC2)COC1. The average Bonchev–Trinajstić information content (AvgIpc) is 3.45. The fourth-order valence-corrected chi connectivity index (χ4v) is 5.50. The van der Waals surface area contributed by atoms with Crippen LogP contribution in [-0.4, -0.2) is 79.4 Å². The van der Waals surface area contributed by atoms with Gasteiger partial charge in [-0.1, -0.05) is 11.6 Å². The molecule has 36 heavy (non-hydrogen) atoms. The second kappa shape index (κ2) is 8.22. The van der Waals surface area contributed by atoms with Crippen LogP contribution in [0.3, 0.4) is 0 Å². The van der Waals surface area contributed by atoms with Gasteiger partial charge < -0.3 is 9.64 Å². The maximum Gasteiger partial charge on any atom is 0.250 e. The summed E-state index contributed by atoms with van der Waals surface area (Å²) in [5.41, 5.74) is 3.34. The summed E-state index contributed by atoms with van der Waals surface area (Å²) in [4.78, 5) is 13.4. The fourth-order valence-electron chi connectivity index (χ4n) is 5.21. The first-order valence-electron chi connectivity index (χ1n) is 12.3. The van der Waals surface area contributed by atoms with Crippen LogP contribution in [0.1, 0.15) is 31.4 Å². The normalized spacial score (nSPS) is 20.1. The second-order valence-corrected chi connectivity index (χ2v) is 10.6. The molecule has 2 aliphatic heterocycles. The third kappa shape index (κ3) is 3.66. The Morgan fingerprint density at radius 3 is 2.58 bits per heavy atom. The molecule has 9 nitrogen and oxygen atoms in total. The van der Waals surface area contributed by atoms with Crippen molar-refractivity contribution >= 4 is 28.2 Å². The Labute approximate surface area is 212 Å². The van der Waals surface area contributed by atoms with Crippen molar-refractivity contribution in [3.05, 3.63) is 53.5 Å². The lowest BCUT2D eigenvalue weighted by atomic mass is 9.97. The molecule has 0 amide bonds. The summed E-state index contributed by atoms with van der Waals surface area (Å²) in [5, 5.41) is 10.7. The van der Waals surface area contributed by atoms with Crippen LogP contribution >= 0.6 is 11.6 Å². The molecule has 5 heterocycles. The number of nitrogens with zero attached hydrogens (tertiary/aromatic N) is 8. The summed E-state index contributed by atoms with van der Waals surface area (Å²) in [6.07, 6.45) is 8.48. The minimum absolute atomic E-state index is 0.159. The van der Waals surface area contributed by atoms with E-state index >= 15 is 0 Å². The van der Waals surface area contributed by atoms with Crippen molar-refractivity contribution in [2.75, 3.05) is 44.3 Å². The largest absolute Gasteiger partial charge is 0.377 e. The van der Waals surface area contributed by atoms with Gasteiger partial charge in [-0.25, -0.2) is 23.7 Å². The highest BCUT2D eigenvalue weighted by Gasteiger charge is 2.40. The molecule has 0 unspecified atom stereocenters. The molecular formula is C25H26ClFN8O. The van der Waals surface area contributed by atoms with Crippen molar-refractivity contribution in [3.8, 4) is 11.6 Å². The first-order valence-corrected chi connectivity index (χ1v) is 12.7. The molecule has 11 heteroatoms. The second-order valence-electron chi connectivity index (χ2n) is 10.2. The number of piperazine rings is 1. The Hall–Kier alpha value is -3.08. The molecule has 3 aromatic heterocycles. The lowest BCUT2D eigenvalue weighted by Crippen LogP contribution is -2.64. The zero-order chi connectivity index (χ0) is 24.4. The van der Waals surface area contributed by atoms with Gasteiger partial charge in [-0.2, -0.15) is 10.2 Å². The van der Waals surface area contributed by atoms with Crippen molar-refractivity contribution in [2.24, 2.45) is 0 Å². The van der Waals surface area contributed by atoms with Crippen molar-refractivity contribution < 1.29 is 9.13 Å². The minimum Gasteiger partial charge on any atom is -0.377 e. The Bertz CT molecular complexity index is 1450. The first-order chi connectivity index (χ1) is 17.5. The third-order valence-corrected chi connectivity index (χ3v) is 7.89. The summed E-state index contributed by atoms with van der Waals surface area (Å²) >= 11 is 6.72. The molecular weight excluding hydrogens is 483 g/mol. The summed E-state index contributed by atoms with van der Waals surface area (Å²) in [7, 11) is 0. The van der Waals surface area contributed by atoms with Crippen molar-refractivity contribution in [3.63, 3.8) is 0 Å². The van der Waals surface area contributed by atoms with E-state index in [0.717, 1.165) is 79.5 Å². The maximum absolute atomic E-state index is 14.1. The smallest absolute Gasteiger partial charge is 0.250 e. The van der Waals surface area contributed by atoms with E-state index < -0.39 is 0 Å². The Morgan fingerprint density at radius 2 is 1.86 bits per heavy atom.